The first-order chi connectivity index (χ1) is 11.2. The van der Waals surface area contributed by atoms with Crippen LogP contribution in [0.25, 0.3) is 22.5 Å². The van der Waals surface area contributed by atoms with E-state index in [9.17, 15) is 4.39 Å². The Bertz CT molecular complexity index is 845. The highest BCUT2D eigenvalue weighted by Gasteiger charge is 2.11. The van der Waals surface area contributed by atoms with Crippen LogP contribution in [0.15, 0.2) is 54.6 Å². The van der Waals surface area contributed by atoms with Gasteiger partial charge < -0.3 is 4.74 Å². The molecule has 2 aromatic carbocycles. The number of ether oxygens (including phenoxy) is 1. The molecule has 23 heavy (non-hydrogen) atoms. The molecule has 0 aliphatic heterocycles. The molecular formula is C18H14FN3O. The molecule has 0 N–H and O–H groups in total. The molecule has 1 heterocycles. The SMILES string of the molecule is COCn1nc(-c2ccc(F)cc2)cc1-c1ccc(C#N)cc1. The van der Waals surface area contributed by atoms with Crippen LogP contribution in [0, 0.1) is 17.1 Å². The van der Waals surface area contributed by atoms with E-state index in [1.54, 1.807) is 36.1 Å². The summed E-state index contributed by atoms with van der Waals surface area (Å²) in [6, 6.07) is 17.5. The molecule has 0 atom stereocenters. The molecule has 114 valence electrons. The van der Waals surface area contributed by atoms with E-state index in [1.165, 1.54) is 12.1 Å². The second kappa shape index (κ2) is 6.42. The number of methoxy groups -OCH3 is 1. The average Bonchev–Trinajstić information content (AvgIpc) is 3.00. The highest BCUT2D eigenvalue weighted by molar-refractivity contribution is 5.69. The Morgan fingerprint density at radius 1 is 1.09 bits per heavy atom. The van der Waals surface area contributed by atoms with Gasteiger partial charge in [0.15, 0.2) is 0 Å². The van der Waals surface area contributed by atoms with Gasteiger partial charge in [0, 0.05) is 12.7 Å². The van der Waals surface area contributed by atoms with E-state index in [2.05, 4.69) is 11.2 Å². The molecular weight excluding hydrogens is 293 g/mol. The maximum absolute atomic E-state index is 13.1. The molecule has 0 saturated heterocycles. The molecule has 0 unspecified atom stereocenters. The molecule has 4 nitrogen and oxygen atoms in total. The summed E-state index contributed by atoms with van der Waals surface area (Å²) in [6.07, 6.45) is 0. The standard InChI is InChI=1S/C18H14FN3O/c1-23-12-22-18(15-4-2-13(11-20)3-5-15)10-17(21-22)14-6-8-16(19)9-7-14/h2-10H,12H2,1H3. The minimum Gasteiger partial charge on any atom is -0.362 e. The third-order valence-corrected chi connectivity index (χ3v) is 3.48. The van der Waals surface area contributed by atoms with Gasteiger partial charge in [-0.1, -0.05) is 12.1 Å². The zero-order valence-corrected chi connectivity index (χ0v) is 12.5. The Morgan fingerprint density at radius 2 is 1.74 bits per heavy atom. The zero-order chi connectivity index (χ0) is 16.2. The van der Waals surface area contributed by atoms with E-state index in [1.807, 2.05) is 18.2 Å². The first kappa shape index (κ1) is 14.9. The number of halogens is 1. The second-order valence-electron chi connectivity index (χ2n) is 5.03. The molecule has 3 rings (SSSR count). The number of rotatable bonds is 4. The Hall–Kier alpha value is -2.97. The molecule has 5 heteroatoms. The van der Waals surface area contributed by atoms with Gasteiger partial charge in [0.1, 0.15) is 12.5 Å². The normalized spacial score (nSPS) is 10.5. The van der Waals surface area contributed by atoms with Gasteiger partial charge >= 0.3 is 0 Å². The molecule has 0 saturated carbocycles. The van der Waals surface area contributed by atoms with E-state index >= 15 is 0 Å². The van der Waals surface area contributed by atoms with Gasteiger partial charge in [0.05, 0.1) is 23.0 Å². The summed E-state index contributed by atoms with van der Waals surface area (Å²) >= 11 is 0. The third-order valence-electron chi connectivity index (χ3n) is 3.48. The first-order valence-corrected chi connectivity index (χ1v) is 7.04. The van der Waals surface area contributed by atoms with Gasteiger partial charge in [-0.05, 0) is 48.0 Å². The van der Waals surface area contributed by atoms with Crippen molar-refractivity contribution in [3.8, 4) is 28.6 Å². The van der Waals surface area contributed by atoms with Crippen molar-refractivity contribution in [1.29, 1.82) is 5.26 Å². The van der Waals surface area contributed by atoms with E-state index in [0.717, 1.165) is 22.5 Å². The van der Waals surface area contributed by atoms with Crippen molar-refractivity contribution in [2.24, 2.45) is 0 Å². The first-order valence-electron chi connectivity index (χ1n) is 7.04. The summed E-state index contributed by atoms with van der Waals surface area (Å²) in [4.78, 5) is 0. The Morgan fingerprint density at radius 3 is 2.35 bits per heavy atom. The predicted octanol–water partition coefficient (Wildman–Crippen LogP) is 3.83. The largest absolute Gasteiger partial charge is 0.362 e. The Labute approximate surface area is 133 Å². The smallest absolute Gasteiger partial charge is 0.139 e. The van der Waals surface area contributed by atoms with Crippen LogP contribution in [-0.2, 0) is 11.5 Å². The minimum atomic E-state index is -0.280. The van der Waals surface area contributed by atoms with Gasteiger partial charge in [-0.3, -0.25) is 0 Å². The zero-order valence-electron chi connectivity index (χ0n) is 12.5. The summed E-state index contributed by atoms with van der Waals surface area (Å²) in [5.41, 5.74) is 3.97. The highest BCUT2D eigenvalue weighted by atomic mass is 19.1. The van der Waals surface area contributed by atoms with Crippen LogP contribution < -0.4 is 0 Å². The van der Waals surface area contributed by atoms with Gasteiger partial charge in [0.2, 0.25) is 0 Å². The maximum Gasteiger partial charge on any atom is 0.139 e. The summed E-state index contributed by atoms with van der Waals surface area (Å²) in [7, 11) is 1.60. The molecule has 0 bridgehead atoms. The summed E-state index contributed by atoms with van der Waals surface area (Å²) in [5.74, 6) is -0.280. The third kappa shape index (κ3) is 3.12. The van der Waals surface area contributed by atoms with Gasteiger partial charge in [0.25, 0.3) is 0 Å². The second-order valence-corrected chi connectivity index (χ2v) is 5.03. The average molecular weight is 307 g/mol. The van der Waals surface area contributed by atoms with Gasteiger partial charge in [-0.15, -0.1) is 0 Å². The van der Waals surface area contributed by atoms with Crippen LogP contribution in [0.2, 0.25) is 0 Å². The number of nitriles is 1. The van der Waals surface area contributed by atoms with Crippen LogP contribution in [0.4, 0.5) is 4.39 Å². The lowest BCUT2D eigenvalue weighted by atomic mass is 10.1. The van der Waals surface area contributed by atoms with Crippen LogP contribution in [0.1, 0.15) is 5.56 Å². The van der Waals surface area contributed by atoms with Gasteiger partial charge in [-0.2, -0.15) is 10.4 Å². The highest BCUT2D eigenvalue weighted by Crippen LogP contribution is 2.26. The molecule has 0 amide bonds. The Balaban J connectivity index is 2.04. The van der Waals surface area contributed by atoms with Crippen LogP contribution >= 0.6 is 0 Å². The van der Waals surface area contributed by atoms with E-state index in [0.29, 0.717) is 12.3 Å². The Kier molecular flexibility index (Phi) is 4.18. The van der Waals surface area contributed by atoms with Crippen molar-refractivity contribution < 1.29 is 9.13 Å². The van der Waals surface area contributed by atoms with Crippen molar-refractivity contribution >= 4 is 0 Å². The van der Waals surface area contributed by atoms with Gasteiger partial charge in [-0.25, -0.2) is 9.07 Å². The lowest BCUT2D eigenvalue weighted by Crippen LogP contribution is -2.03. The molecule has 0 aliphatic carbocycles. The summed E-state index contributed by atoms with van der Waals surface area (Å²) in [6.45, 7) is 0.302. The minimum absolute atomic E-state index is 0.280. The predicted molar refractivity (Wildman–Crippen MR) is 84.8 cm³/mol. The molecule has 0 radical (unpaired) electrons. The number of benzene rings is 2. The lowest BCUT2D eigenvalue weighted by Gasteiger charge is -2.05. The van der Waals surface area contributed by atoms with Crippen molar-refractivity contribution in [2.45, 2.75) is 6.73 Å². The molecule has 3 aromatic rings. The van der Waals surface area contributed by atoms with Crippen LogP contribution in [0.5, 0.6) is 0 Å². The molecule has 1 aromatic heterocycles. The monoisotopic (exact) mass is 307 g/mol. The number of aromatic nitrogens is 2. The quantitative estimate of drug-likeness (QED) is 0.736. The fourth-order valence-corrected chi connectivity index (χ4v) is 2.35. The van der Waals surface area contributed by atoms with E-state index in [4.69, 9.17) is 10.00 Å². The van der Waals surface area contributed by atoms with Crippen molar-refractivity contribution in [3.05, 3.63) is 66.0 Å². The topological polar surface area (TPSA) is 50.8 Å². The molecule has 0 fully saturated rings. The number of hydrogen-bond acceptors (Lipinski definition) is 3. The maximum atomic E-state index is 13.1. The molecule has 0 aliphatic rings. The van der Waals surface area contributed by atoms with Crippen LogP contribution in [0.3, 0.4) is 0 Å². The van der Waals surface area contributed by atoms with E-state index in [-0.39, 0.29) is 5.82 Å². The lowest BCUT2D eigenvalue weighted by molar-refractivity contribution is 0.122. The van der Waals surface area contributed by atoms with Crippen LogP contribution in [-0.4, -0.2) is 16.9 Å². The fourth-order valence-electron chi connectivity index (χ4n) is 2.35. The number of nitrogens with zero attached hydrogens (tertiary/aromatic N) is 3. The number of hydrogen-bond donors (Lipinski definition) is 0. The fraction of sp³-hybridized carbons (Fsp3) is 0.111. The summed E-state index contributed by atoms with van der Waals surface area (Å²) in [5, 5.41) is 13.4. The van der Waals surface area contributed by atoms with Crippen molar-refractivity contribution in [1.82, 2.24) is 9.78 Å². The van der Waals surface area contributed by atoms with Crippen molar-refractivity contribution in [3.63, 3.8) is 0 Å². The van der Waals surface area contributed by atoms with E-state index < -0.39 is 0 Å². The summed E-state index contributed by atoms with van der Waals surface area (Å²) < 4.78 is 20.0. The van der Waals surface area contributed by atoms with Crippen molar-refractivity contribution in [2.75, 3.05) is 7.11 Å². The molecule has 0 spiro atoms.